The minimum absolute atomic E-state index is 0.0552. The summed E-state index contributed by atoms with van der Waals surface area (Å²) < 4.78 is 0. The molecule has 5 nitrogen and oxygen atoms in total. The van der Waals surface area contributed by atoms with Crippen molar-refractivity contribution in [3.63, 3.8) is 0 Å². The Labute approximate surface area is 124 Å². The molecule has 7 heteroatoms. The molecule has 3 aromatic rings. The van der Waals surface area contributed by atoms with Crippen LogP contribution >= 0.6 is 23.2 Å². The van der Waals surface area contributed by atoms with Gasteiger partial charge in [-0.2, -0.15) is 0 Å². The molecule has 0 saturated heterocycles. The lowest BCUT2D eigenvalue weighted by molar-refractivity contribution is 0.102. The van der Waals surface area contributed by atoms with Gasteiger partial charge in [0.25, 0.3) is 5.91 Å². The fraction of sp³-hybridized carbons (Fsp3) is 0. The van der Waals surface area contributed by atoms with Gasteiger partial charge in [0, 0.05) is 0 Å². The summed E-state index contributed by atoms with van der Waals surface area (Å²) in [5, 5.41) is 3.03. The van der Waals surface area contributed by atoms with Crippen LogP contribution in [-0.4, -0.2) is 20.9 Å². The van der Waals surface area contributed by atoms with Crippen LogP contribution in [0.3, 0.4) is 0 Å². The number of fused-ring (bicyclic) bond motifs is 1. The van der Waals surface area contributed by atoms with E-state index < -0.39 is 5.91 Å². The second-order valence-corrected chi connectivity index (χ2v) is 4.82. The molecule has 3 rings (SSSR count). The molecule has 0 saturated carbocycles. The predicted molar refractivity (Wildman–Crippen MR) is 78.3 cm³/mol. The number of benzene rings is 1. The van der Waals surface area contributed by atoms with Crippen molar-refractivity contribution in [1.29, 1.82) is 0 Å². The van der Waals surface area contributed by atoms with Crippen LogP contribution in [0.5, 0.6) is 0 Å². The van der Waals surface area contributed by atoms with Gasteiger partial charge >= 0.3 is 0 Å². The molecule has 0 unspecified atom stereocenters. The Bertz CT molecular complexity index is 767. The zero-order valence-electron chi connectivity index (χ0n) is 10.0. The van der Waals surface area contributed by atoms with Gasteiger partial charge < -0.3 is 4.98 Å². The lowest BCUT2D eigenvalue weighted by Crippen LogP contribution is -2.15. The first-order valence-electron chi connectivity index (χ1n) is 5.71. The van der Waals surface area contributed by atoms with Crippen molar-refractivity contribution < 1.29 is 4.79 Å². The number of hydrogen-bond acceptors (Lipinski definition) is 3. The lowest BCUT2D eigenvalue weighted by atomic mass is 10.3. The Morgan fingerprint density at radius 2 is 1.90 bits per heavy atom. The van der Waals surface area contributed by atoms with Gasteiger partial charge in [-0.15, -0.1) is 0 Å². The summed E-state index contributed by atoms with van der Waals surface area (Å²) in [6, 6.07) is 10.5. The molecule has 0 atom stereocenters. The largest absolute Gasteiger partial charge is 0.324 e. The highest BCUT2D eigenvalue weighted by molar-refractivity contribution is 6.35. The third-order valence-electron chi connectivity index (χ3n) is 2.65. The number of aromatic amines is 1. The number of aromatic nitrogens is 3. The van der Waals surface area contributed by atoms with E-state index in [1.807, 2.05) is 24.3 Å². The molecule has 100 valence electrons. The van der Waals surface area contributed by atoms with Crippen LogP contribution < -0.4 is 5.32 Å². The molecule has 20 heavy (non-hydrogen) atoms. The van der Waals surface area contributed by atoms with Crippen LogP contribution in [0.15, 0.2) is 36.4 Å². The number of para-hydroxylation sites is 2. The first-order valence-corrected chi connectivity index (χ1v) is 6.47. The van der Waals surface area contributed by atoms with Crippen molar-refractivity contribution in [2.24, 2.45) is 0 Å². The SMILES string of the molecule is O=C(Nc1nc2ccccc2[nH]1)c1nc(Cl)ccc1Cl. The lowest BCUT2D eigenvalue weighted by Gasteiger charge is -2.03. The summed E-state index contributed by atoms with van der Waals surface area (Å²) in [7, 11) is 0. The Morgan fingerprint density at radius 1 is 1.10 bits per heavy atom. The Morgan fingerprint density at radius 3 is 2.70 bits per heavy atom. The predicted octanol–water partition coefficient (Wildman–Crippen LogP) is 3.52. The maximum Gasteiger partial charge on any atom is 0.278 e. The number of halogens is 2. The zero-order chi connectivity index (χ0) is 14.1. The monoisotopic (exact) mass is 306 g/mol. The van der Waals surface area contributed by atoms with E-state index in [0.717, 1.165) is 11.0 Å². The number of anilines is 1. The second kappa shape index (κ2) is 5.11. The highest BCUT2D eigenvalue weighted by Crippen LogP contribution is 2.19. The van der Waals surface area contributed by atoms with E-state index in [1.54, 1.807) is 0 Å². The number of carbonyl (C=O) groups excluding carboxylic acids is 1. The van der Waals surface area contributed by atoms with E-state index >= 15 is 0 Å². The van der Waals surface area contributed by atoms with E-state index in [9.17, 15) is 4.79 Å². The molecule has 0 bridgehead atoms. The van der Waals surface area contributed by atoms with Crippen molar-refractivity contribution in [2.45, 2.75) is 0 Å². The summed E-state index contributed by atoms with van der Waals surface area (Å²) in [6.07, 6.45) is 0. The van der Waals surface area contributed by atoms with E-state index in [0.29, 0.717) is 5.95 Å². The van der Waals surface area contributed by atoms with Crippen molar-refractivity contribution in [2.75, 3.05) is 5.32 Å². The van der Waals surface area contributed by atoms with Crippen molar-refractivity contribution in [3.05, 3.63) is 52.3 Å². The first-order chi connectivity index (χ1) is 9.63. The molecule has 2 aromatic heterocycles. The zero-order valence-corrected chi connectivity index (χ0v) is 11.5. The summed E-state index contributed by atoms with van der Waals surface area (Å²) in [5.41, 5.74) is 1.64. The maximum absolute atomic E-state index is 12.1. The highest BCUT2D eigenvalue weighted by atomic mass is 35.5. The summed E-state index contributed by atoms with van der Waals surface area (Å²) in [6.45, 7) is 0. The molecule has 2 N–H and O–H groups in total. The van der Waals surface area contributed by atoms with Gasteiger partial charge in [0.15, 0.2) is 0 Å². The minimum atomic E-state index is -0.475. The molecule has 0 aliphatic carbocycles. The number of carbonyl (C=O) groups is 1. The van der Waals surface area contributed by atoms with E-state index in [2.05, 4.69) is 20.3 Å². The fourth-order valence-corrected chi connectivity index (χ4v) is 2.09. The average molecular weight is 307 g/mol. The summed E-state index contributed by atoms with van der Waals surface area (Å²) >= 11 is 11.7. The molecule has 1 amide bonds. The average Bonchev–Trinajstić information content (AvgIpc) is 2.83. The number of hydrogen-bond donors (Lipinski definition) is 2. The molecule has 0 aliphatic rings. The minimum Gasteiger partial charge on any atom is -0.324 e. The Kier molecular flexibility index (Phi) is 3.30. The fourth-order valence-electron chi connectivity index (χ4n) is 1.76. The molecule has 0 radical (unpaired) electrons. The highest BCUT2D eigenvalue weighted by Gasteiger charge is 2.14. The van der Waals surface area contributed by atoms with Crippen LogP contribution in [-0.2, 0) is 0 Å². The van der Waals surface area contributed by atoms with Crippen LogP contribution in [0.1, 0.15) is 10.5 Å². The maximum atomic E-state index is 12.1. The molecule has 2 heterocycles. The normalized spacial score (nSPS) is 10.7. The molecule has 1 aromatic carbocycles. The molecular weight excluding hydrogens is 299 g/mol. The molecule has 0 fully saturated rings. The van der Waals surface area contributed by atoms with Crippen LogP contribution in [0.4, 0.5) is 5.95 Å². The van der Waals surface area contributed by atoms with Crippen LogP contribution in [0.25, 0.3) is 11.0 Å². The van der Waals surface area contributed by atoms with Gasteiger partial charge in [-0.05, 0) is 24.3 Å². The summed E-state index contributed by atoms with van der Waals surface area (Å²) in [4.78, 5) is 23.2. The van der Waals surface area contributed by atoms with Gasteiger partial charge in [-0.3, -0.25) is 10.1 Å². The quantitative estimate of drug-likeness (QED) is 0.712. The van der Waals surface area contributed by atoms with Gasteiger partial charge in [0.05, 0.1) is 16.1 Å². The van der Waals surface area contributed by atoms with Crippen LogP contribution in [0.2, 0.25) is 10.2 Å². The van der Waals surface area contributed by atoms with E-state index in [4.69, 9.17) is 23.2 Å². The smallest absolute Gasteiger partial charge is 0.278 e. The third-order valence-corrected chi connectivity index (χ3v) is 3.16. The standard InChI is InChI=1S/C13H8Cl2N4O/c14-7-5-6-10(15)18-11(7)12(20)19-13-16-8-3-1-2-4-9(8)17-13/h1-6H,(H2,16,17,19,20). The van der Waals surface area contributed by atoms with Gasteiger partial charge in [0.2, 0.25) is 5.95 Å². The van der Waals surface area contributed by atoms with Gasteiger partial charge in [0.1, 0.15) is 10.8 Å². The number of nitrogens with zero attached hydrogens (tertiary/aromatic N) is 2. The first kappa shape index (κ1) is 12.9. The number of rotatable bonds is 2. The number of pyridine rings is 1. The van der Waals surface area contributed by atoms with Crippen LogP contribution in [0, 0.1) is 0 Å². The molecular formula is C13H8Cl2N4O. The molecule has 0 spiro atoms. The van der Waals surface area contributed by atoms with Crippen molar-refractivity contribution >= 4 is 46.1 Å². The topological polar surface area (TPSA) is 70.7 Å². The number of H-pyrrole nitrogens is 1. The summed E-state index contributed by atoms with van der Waals surface area (Å²) in [5.74, 6) is -0.148. The third kappa shape index (κ3) is 2.45. The number of imidazole rings is 1. The van der Waals surface area contributed by atoms with Gasteiger partial charge in [-0.1, -0.05) is 35.3 Å². The number of nitrogens with one attached hydrogen (secondary N) is 2. The van der Waals surface area contributed by atoms with E-state index in [-0.39, 0.29) is 15.9 Å². The number of amides is 1. The second-order valence-electron chi connectivity index (χ2n) is 4.02. The Balaban J connectivity index is 1.90. The van der Waals surface area contributed by atoms with E-state index in [1.165, 1.54) is 12.1 Å². The molecule has 0 aliphatic heterocycles. The van der Waals surface area contributed by atoms with Crippen molar-refractivity contribution in [1.82, 2.24) is 15.0 Å². The van der Waals surface area contributed by atoms with Crippen molar-refractivity contribution in [3.8, 4) is 0 Å². The Hall–Kier alpha value is -2.11. The van der Waals surface area contributed by atoms with Gasteiger partial charge in [-0.25, -0.2) is 9.97 Å².